The van der Waals surface area contributed by atoms with Gasteiger partial charge in [-0.15, -0.1) is 0 Å². The average Bonchev–Trinajstić information content (AvgIpc) is 2.46. The van der Waals surface area contributed by atoms with Crippen molar-refractivity contribution in [2.75, 3.05) is 6.26 Å². The van der Waals surface area contributed by atoms with E-state index in [1.165, 1.54) is 12.1 Å². The van der Waals surface area contributed by atoms with Crippen LogP contribution in [0.3, 0.4) is 0 Å². The molecule has 0 heterocycles. The molecule has 0 spiro atoms. The Kier molecular flexibility index (Phi) is 5.34. The third-order valence-corrected chi connectivity index (χ3v) is 5.03. The zero-order chi connectivity index (χ0) is 17.2. The molecule has 0 fully saturated rings. The van der Waals surface area contributed by atoms with Crippen LogP contribution in [-0.2, 0) is 9.84 Å². The van der Waals surface area contributed by atoms with Crippen LogP contribution in [0, 0.1) is 0 Å². The van der Waals surface area contributed by atoms with Gasteiger partial charge in [0.05, 0.1) is 16.5 Å². The number of carbonyl (C=O) groups is 1. The van der Waals surface area contributed by atoms with Crippen molar-refractivity contribution in [1.29, 1.82) is 0 Å². The molecule has 0 radical (unpaired) electrons. The molecule has 2 aromatic carbocycles. The number of carbonyl (C=O) groups excluding carboxylic acids is 1. The summed E-state index contributed by atoms with van der Waals surface area (Å²) in [5.74, 6) is -0.482. The summed E-state index contributed by atoms with van der Waals surface area (Å²) in [5.41, 5.74) is 0.799. The highest BCUT2D eigenvalue weighted by Crippen LogP contribution is 2.26. The number of nitrogens with one attached hydrogen (secondary N) is 1. The third-order valence-electron chi connectivity index (χ3n) is 3.31. The van der Waals surface area contributed by atoms with Crippen molar-refractivity contribution >= 4 is 38.9 Å². The van der Waals surface area contributed by atoms with Crippen LogP contribution in [0.15, 0.2) is 47.4 Å². The highest BCUT2D eigenvalue weighted by Gasteiger charge is 2.20. The maximum Gasteiger partial charge on any atom is 0.253 e. The second-order valence-corrected chi connectivity index (χ2v) is 7.96. The summed E-state index contributed by atoms with van der Waals surface area (Å²) < 4.78 is 23.6. The molecule has 23 heavy (non-hydrogen) atoms. The molecule has 1 atom stereocenters. The molecule has 1 N–H and O–H groups in total. The van der Waals surface area contributed by atoms with Crippen LogP contribution in [0.4, 0.5) is 0 Å². The Labute approximate surface area is 145 Å². The zero-order valence-corrected chi connectivity index (χ0v) is 14.8. The van der Waals surface area contributed by atoms with E-state index in [2.05, 4.69) is 5.32 Å². The van der Waals surface area contributed by atoms with Crippen LogP contribution in [0.25, 0.3) is 0 Å². The summed E-state index contributed by atoms with van der Waals surface area (Å²) >= 11 is 12.0. The number of amides is 1. The standard InChI is InChI=1S/C16H15Cl2NO3S/c1-10(12-8-7-11(17)9-14(12)18)19-16(20)13-5-3-4-6-15(13)23(2,21)22/h3-10H,1-2H3,(H,19,20)/t10-/m0/s1. The predicted octanol–water partition coefficient (Wildman–Crippen LogP) is 3.89. The summed E-state index contributed by atoms with van der Waals surface area (Å²) in [4.78, 5) is 12.4. The fraction of sp³-hybridized carbons (Fsp3) is 0.188. The summed E-state index contributed by atoms with van der Waals surface area (Å²) in [6.07, 6.45) is 1.07. The van der Waals surface area contributed by atoms with Gasteiger partial charge in [-0.1, -0.05) is 41.4 Å². The van der Waals surface area contributed by atoms with Crippen molar-refractivity contribution < 1.29 is 13.2 Å². The SMILES string of the molecule is C[C@H](NC(=O)c1ccccc1S(C)(=O)=O)c1ccc(Cl)cc1Cl. The number of halogens is 2. The summed E-state index contributed by atoms with van der Waals surface area (Å²) in [5, 5.41) is 3.69. The maximum atomic E-state index is 12.4. The lowest BCUT2D eigenvalue weighted by atomic mass is 10.1. The Hall–Kier alpha value is -1.56. The Morgan fingerprint density at radius 3 is 2.39 bits per heavy atom. The van der Waals surface area contributed by atoms with Crippen LogP contribution in [-0.4, -0.2) is 20.6 Å². The van der Waals surface area contributed by atoms with Gasteiger partial charge in [0.15, 0.2) is 9.84 Å². The molecule has 0 aliphatic heterocycles. The van der Waals surface area contributed by atoms with Crippen molar-refractivity contribution in [3.63, 3.8) is 0 Å². The summed E-state index contributed by atoms with van der Waals surface area (Å²) in [7, 11) is -3.50. The van der Waals surface area contributed by atoms with E-state index in [1.807, 2.05) is 0 Å². The van der Waals surface area contributed by atoms with E-state index in [0.29, 0.717) is 15.6 Å². The molecule has 122 valence electrons. The molecule has 1 amide bonds. The number of hydrogen-bond donors (Lipinski definition) is 1. The molecular formula is C16H15Cl2NO3S. The number of sulfone groups is 1. The van der Waals surface area contributed by atoms with E-state index in [4.69, 9.17) is 23.2 Å². The predicted molar refractivity (Wildman–Crippen MR) is 91.9 cm³/mol. The summed E-state index contributed by atoms with van der Waals surface area (Å²) in [6, 6.07) is 10.7. The van der Waals surface area contributed by atoms with Crippen molar-refractivity contribution in [1.82, 2.24) is 5.32 Å². The molecule has 2 rings (SSSR count). The van der Waals surface area contributed by atoms with Gasteiger partial charge in [0.25, 0.3) is 5.91 Å². The second kappa shape index (κ2) is 6.91. The first-order valence-corrected chi connectivity index (χ1v) is 9.40. The topological polar surface area (TPSA) is 63.2 Å². The third kappa shape index (κ3) is 4.25. The van der Waals surface area contributed by atoms with Crippen LogP contribution in [0.2, 0.25) is 10.0 Å². The van der Waals surface area contributed by atoms with Gasteiger partial charge in [-0.05, 0) is 36.8 Å². The van der Waals surface area contributed by atoms with Gasteiger partial charge in [-0.3, -0.25) is 4.79 Å². The minimum atomic E-state index is -3.50. The fourth-order valence-corrected chi connectivity index (χ4v) is 3.64. The fourth-order valence-electron chi connectivity index (χ4n) is 2.18. The first-order valence-electron chi connectivity index (χ1n) is 6.75. The zero-order valence-electron chi connectivity index (χ0n) is 12.5. The average molecular weight is 372 g/mol. The van der Waals surface area contributed by atoms with Gasteiger partial charge in [0, 0.05) is 16.3 Å². The molecule has 4 nitrogen and oxygen atoms in total. The van der Waals surface area contributed by atoms with Gasteiger partial charge in [-0.25, -0.2) is 8.42 Å². The Morgan fingerprint density at radius 1 is 1.13 bits per heavy atom. The molecule has 0 aromatic heterocycles. The van der Waals surface area contributed by atoms with Gasteiger partial charge >= 0.3 is 0 Å². The minimum Gasteiger partial charge on any atom is -0.345 e. The van der Waals surface area contributed by atoms with Gasteiger partial charge in [0.1, 0.15) is 0 Å². The first kappa shape index (κ1) is 17.8. The summed E-state index contributed by atoms with van der Waals surface area (Å²) in [6.45, 7) is 1.76. The lowest BCUT2D eigenvalue weighted by Gasteiger charge is -2.17. The smallest absolute Gasteiger partial charge is 0.253 e. The molecule has 2 aromatic rings. The molecule has 0 aliphatic rings. The number of benzene rings is 2. The van der Waals surface area contributed by atoms with Crippen LogP contribution >= 0.6 is 23.2 Å². The quantitative estimate of drug-likeness (QED) is 0.886. The van der Waals surface area contributed by atoms with Crippen molar-refractivity contribution in [2.45, 2.75) is 17.9 Å². The molecule has 0 aliphatic carbocycles. The van der Waals surface area contributed by atoms with Crippen molar-refractivity contribution in [3.05, 3.63) is 63.6 Å². The van der Waals surface area contributed by atoms with Crippen LogP contribution < -0.4 is 5.32 Å². The van der Waals surface area contributed by atoms with Gasteiger partial charge in [0.2, 0.25) is 0 Å². The van der Waals surface area contributed by atoms with Gasteiger partial charge < -0.3 is 5.32 Å². The maximum absolute atomic E-state index is 12.4. The lowest BCUT2D eigenvalue weighted by Crippen LogP contribution is -2.28. The highest BCUT2D eigenvalue weighted by molar-refractivity contribution is 7.90. The van der Waals surface area contributed by atoms with Crippen LogP contribution in [0.5, 0.6) is 0 Å². The lowest BCUT2D eigenvalue weighted by molar-refractivity contribution is 0.0936. The Bertz CT molecular complexity index is 850. The Morgan fingerprint density at radius 2 is 1.78 bits per heavy atom. The second-order valence-electron chi connectivity index (χ2n) is 5.13. The van der Waals surface area contributed by atoms with Crippen LogP contribution in [0.1, 0.15) is 28.9 Å². The normalized spacial score (nSPS) is 12.7. The largest absolute Gasteiger partial charge is 0.345 e. The number of hydrogen-bond acceptors (Lipinski definition) is 3. The molecule has 0 saturated heterocycles. The monoisotopic (exact) mass is 371 g/mol. The number of rotatable bonds is 4. The molecule has 7 heteroatoms. The van der Waals surface area contributed by atoms with E-state index in [9.17, 15) is 13.2 Å². The molecular weight excluding hydrogens is 357 g/mol. The van der Waals surface area contributed by atoms with E-state index in [1.54, 1.807) is 37.3 Å². The Balaban J connectivity index is 2.29. The van der Waals surface area contributed by atoms with E-state index >= 15 is 0 Å². The van der Waals surface area contributed by atoms with E-state index in [0.717, 1.165) is 6.26 Å². The van der Waals surface area contributed by atoms with E-state index in [-0.39, 0.29) is 10.5 Å². The molecule has 0 saturated carbocycles. The first-order chi connectivity index (χ1) is 10.7. The van der Waals surface area contributed by atoms with Crippen molar-refractivity contribution in [3.8, 4) is 0 Å². The van der Waals surface area contributed by atoms with Gasteiger partial charge in [-0.2, -0.15) is 0 Å². The molecule has 0 bridgehead atoms. The van der Waals surface area contributed by atoms with E-state index < -0.39 is 21.8 Å². The highest BCUT2D eigenvalue weighted by atomic mass is 35.5. The van der Waals surface area contributed by atoms with Crippen molar-refractivity contribution in [2.24, 2.45) is 0 Å². The molecule has 0 unspecified atom stereocenters. The minimum absolute atomic E-state index is 0.00750.